The number of carbonyl (C=O) groups excluding carboxylic acids is 1. The van der Waals surface area contributed by atoms with Crippen molar-refractivity contribution in [1.82, 2.24) is 9.47 Å². The van der Waals surface area contributed by atoms with Crippen LogP contribution in [0.2, 0.25) is 0 Å². The number of carbonyl (C=O) groups is 1. The molecule has 25 heavy (non-hydrogen) atoms. The van der Waals surface area contributed by atoms with E-state index >= 15 is 0 Å². The molecule has 1 saturated heterocycles. The van der Waals surface area contributed by atoms with Crippen molar-refractivity contribution in [3.05, 3.63) is 53.3 Å². The lowest BCUT2D eigenvalue weighted by atomic mass is 9.90. The first-order valence-corrected chi connectivity index (χ1v) is 8.60. The molecule has 1 aliphatic rings. The molecule has 2 aromatic rings. The van der Waals surface area contributed by atoms with Gasteiger partial charge in [-0.1, -0.05) is 18.2 Å². The first-order valence-electron chi connectivity index (χ1n) is 8.60. The molecule has 2 heterocycles. The maximum absolute atomic E-state index is 12.8. The highest BCUT2D eigenvalue weighted by atomic mass is 16.5. The molecule has 0 bridgehead atoms. The van der Waals surface area contributed by atoms with Gasteiger partial charge in [-0.25, -0.2) is 0 Å². The van der Waals surface area contributed by atoms with Crippen LogP contribution in [0.5, 0.6) is 5.75 Å². The summed E-state index contributed by atoms with van der Waals surface area (Å²) >= 11 is 0. The Balaban J connectivity index is 1.71. The smallest absolute Gasteiger partial charge is 0.270 e. The maximum atomic E-state index is 12.8. The summed E-state index contributed by atoms with van der Waals surface area (Å²) in [6, 6.07) is 11.8. The predicted octanol–water partition coefficient (Wildman–Crippen LogP) is 3.00. The second-order valence-corrected chi connectivity index (χ2v) is 6.61. The van der Waals surface area contributed by atoms with Gasteiger partial charge in [-0.05, 0) is 42.9 Å². The Morgan fingerprint density at radius 2 is 2.20 bits per heavy atom. The molecule has 1 atom stereocenters. The third-order valence-corrected chi connectivity index (χ3v) is 4.86. The summed E-state index contributed by atoms with van der Waals surface area (Å²) in [5.74, 6) is 1.34. The topological polar surface area (TPSA) is 58.3 Å². The second-order valence-electron chi connectivity index (χ2n) is 6.61. The zero-order valence-corrected chi connectivity index (χ0v) is 14.7. The zero-order valence-electron chi connectivity index (χ0n) is 14.7. The van der Waals surface area contributed by atoms with Crippen molar-refractivity contribution in [2.75, 3.05) is 20.2 Å². The van der Waals surface area contributed by atoms with E-state index < -0.39 is 0 Å². The molecule has 0 saturated carbocycles. The van der Waals surface area contributed by atoms with E-state index in [1.807, 2.05) is 30.1 Å². The summed E-state index contributed by atoms with van der Waals surface area (Å²) in [6.07, 6.45) is 4.72. The number of nitriles is 1. The number of benzene rings is 1. The van der Waals surface area contributed by atoms with Crippen molar-refractivity contribution in [2.24, 2.45) is 13.0 Å². The highest BCUT2D eigenvalue weighted by Gasteiger charge is 2.26. The maximum Gasteiger partial charge on any atom is 0.270 e. The largest absolute Gasteiger partial charge is 0.496 e. The van der Waals surface area contributed by atoms with Gasteiger partial charge in [-0.3, -0.25) is 4.79 Å². The lowest BCUT2D eigenvalue weighted by Gasteiger charge is -2.33. The van der Waals surface area contributed by atoms with Crippen molar-refractivity contribution in [3.8, 4) is 11.8 Å². The van der Waals surface area contributed by atoms with Gasteiger partial charge in [-0.15, -0.1) is 0 Å². The SMILES string of the molecule is COc1ccccc1CC1CCCN(C(=O)c2cc(C#N)cn2C)C1. The quantitative estimate of drug-likeness (QED) is 0.862. The molecule has 1 aromatic heterocycles. The normalized spacial score (nSPS) is 17.2. The Morgan fingerprint density at radius 3 is 2.92 bits per heavy atom. The van der Waals surface area contributed by atoms with Crippen LogP contribution in [-0.4, -0.2) is 35.6 Å². The molecular formula is C20H23N3O2. The van der Waals surface area contributed by atoms with Gasteiger partial charge in [0.1, 0.15) is 17.5 Å². The number of piperidine rings is 1. The van der Waals surface area contributed by atoms with Crippen LogP contribution < -0.4 is 4.74 Å². The first-order chi connectivity index (χ1) is 12.1. The van der Waals surface area contributed by atoms with E-state index in [-0.39, 0.29) is 5.91 Å². The average molecular weight is 337 g/mol. The number of methoxy groups -OCH3 is 1. The molecule has 0 radical (unpaired) electrons. The number of aromatic nitrogens is 1. The monoisotopic (exact) mass is 337 g/mol. The van der Waals surface area contributed by atoms with Crippen LogP contribution in [0.4, 0.5) is 0 Å². The predicted molar refractivity (Wildman–Crippen MR) is 95.5 cm³/mol. The number of aryl methyl sites for hydroxylation is 1. The van der Waals surface area contributed by atoms with Crippen molar-refractivity contribution < 1.29 is 9.53 Å². The fourth-order valence-electron chi connectivity index (χ4n) is 3.60. The highest BCUT2D eigenvalue weighted by molar-refractivity contribution is 5.93. The van der Waals surface area contributed by atoms with Crippen LogP contribution in [0.15, 0.2) is 36.5 Å². The van der Waals surface area contributed by atoms with E-state index in [0.29, 0.717) is 17.2 Å². The van der Waals surface area contributed by atoms with Gasteiger partial charge in [0.15, 0.2) is 0 Å². The highest BCUT2D eigenvalue weighted by Crippen LogP contribution is 2.26. The van der Waals surface area contributed by atoms with Crippen molar-refractivity contribution in [1.29, 1.82) is 5.26 Å². The number of rotatable bonds is 4. The summed E-state index contributed by atoms with van der Waals surface area (Å²) in [6.45, 7) is 1.51. The van der Waals surface area contributed by atoms with Crippen LogP contribution in [0.3, 0.4) is 0 Å². The lowest BCUT2D eigenvalue weighted by molar-refractivity contribution is 0.0663. The molecule has 1 unspecified atom stereocenters. The second kappa shape index (κ2) is 7.43. The van der Waals surface area contributed by atoms with Crippen molar-refractivity contribution in [3.63, 3.8) is 0 Å². The summed E-state index contributed by atoms with van der Waals surface area (Å²) < 4.78 is 7.19. The Kier molecular flexibility index (Phi) is 5.08. The Morgan fingerprint density at radius 1 is 1.40 bits per heavy atom. The molecule has 5 nitrogen and oxygen atoms in total. The first kappa shape index (κ1) is 17.1. The molecule has 1 aliphatic heterocycles. The van der Waals surface area contributed by atoms with E-state index in [1.54, 1.807) is 23.9 Å². The van der Waals surface area contributed by atoms with Crippen LogP contribution in [-0.2, 0) is 13.5 Å². The van der Waals surface area contributed by atoms with Gasteiger partial charge in [0, 0.05) is 26.3 Å². The summed E-state index contributed by atoms with van der Waals surface area (Å²) in [7, 11) is 3.50. The fourth-order valence-corrected chi connectivity index (χ4v) is 3.60. The van der Waals surface area contributed by atoms with Gasteiger partial charge in [0.25, 0.3) is 5.91 Å². The Hall–Kier alpha value is -2.74. The van der Waals surface area contributed by atoms with E-state index in [1.165, 1.54) is 5.56 Å². The third kappa shape index (κ3) is 3.69. The van der Waals surface area contributed by atoms with Crippen LogP contribution in [0, 0.1) is 17.2 Å². The molecule has 0 aliphatic carbocycles. The summed E-state index contributed by atoms with van der Waals surface area (Å²) in [5.41, 5.74) is 2.29. The Bertz CT molecular complexity index is 804. The molecule has 130 valence electrons. The van der Waals surface area contributed by atoms with Crippen molar-refractivity contribution >= 4 is 5.91 Å². The number of para-hydroxylation sites is 1. The minimum Gasteiger partial charge on any atom is -0.496 e. The number of likely N-dealkylation sites (tertiary alicyclic amines) is 1. The number of ether oxygens (including phenoxy) is 1. The van der Waals surface area contributed by atoms with Gasteiger partial charge in [0.05, 0.1) is 12.7 Å². The minimum atomic E-state index is 0.00808. The molecule has 0 spiro atoms. The summed E-state index contributed by atoms with van der Waals surface area (Å²) in [4.78, 5) is 14.8. The van der Waals surface area contributed by atoms with Gasteiger partial charge >= 0.3 is 0 Å². The van der Waals surface area contributed by atoms with Crippen molar-refractivity contribution in [2.45, 2.75) is 19.3 Å². The molecule has 3 rings (SSSR count). The molecule has 0 N–H and O–H groups in total. The molecule has 5 heteroatoms. The number of hydrogen-bond acceptors (Lipinski definition) is 3. The fraction of sp³-hybridized carbons (Fsp3) is 0.400. The van der Waals surface area contributed by atoms with Gasteiger partial charge in [-0.2, -0.15) is 5.26 Å². The molecule has 1 aromatic carbocycles. The zero-order chi connectivity index (χ0) is 17.8. The number of nitrogens with zero attached hydrogens (tertiary/aromatic N) is 3. The number of hydrogen-bond donors (Lipinski definition) is 0. The molecule has 1 fully saturated rings. The summed E-state index contributed by atoms with van der Waals surface area (Å²) in [5, 5.41) is 9.02. The average Bonchev–Trinajstić information content (AvgIpc) is 3.02. The molecule has 1 amide bonds. The Labute approximate surface area is 148 Å². The van der Waals surface area contributed by atoms with E-state index in [0.717, 1.165) is 38.1 Å². The van der Waals surface area contributed by atoms with Gasteiger partial charge < -0.3 is 14.2 Å². The van der Waals surface area contributed by atoms with Gasteiger partial charge in [0.2, 0.25) is 0 Å². The van der Waals surface area contributed by atoms with E-state index in [9.17, 15) is 4.79 Å². The van der Waals surface area contributed by atoms with E-state index in [2.05, 4.69) is 12.1 Å². The minimum absolute atomic E-state index is 0.00808. The number of amides is 1. The standard InChI is InChI=1S/C20H23N3O2/c1-22-13-16(12-21)11-18(22)20(24)23-9-5-6-15(14-23)10-17-7-3-4-8-19(17)25-2/h3-4,7-8,11,13,15H,5-6,9-10,14H2,1-2H3. The molecular weight excluding hydrogens is 314 g/mol. The van der Waals surface area contributed by atoms with Crippen LogP contribution in [0.25, 0.3) is 0 Å². The van der Waals surface area contributed by atoms with E-state index in [4.69, 9.17) is 10.00 Å². The van der Waals surface area contributed by atoms with Crippen LogP contribution in [0.1, 0.15) is 34.5 Å². The lowest BCUT2D eigenvalue weighted by Crippen LogP contribution is -2.41. The third-order valence-electron chi connectivity index (χ3n) is 4.86. The van der Waals surface area contributed by atoms with Crippen LogP contribution >= 0.6 is 0 Å².